The number of nitrogens with zero attached hydrogens (tertiary/aromatic N) is 2. The highest BCUT2D eigenvalue weighted by Crippen LogP contribution is 2.48. The third kappa shape index (κ3) is 2.61. The van der Waals surface area contributed by atoms with Crippen LogP contribution in [-0.2, 0) is 0 Å². The molecule has 2 amide bonds. The number of rotatable bonds is 0. The van der Waals surface area contributed by atoms with Crippen LogP contribution in [0.4, 0.5) is 16.2 Å². The van der Waals surface area contributed by atoms with Crippen molar-refractivity contribution < 1.29 is 4.79 Å². The minimum Gasteiger partial charge on any atom is -0.324 e. The van der Waals surface area contributed by atoms with Crippen LogP contribution >= 0.6 is 11.8 Å². The average molecular weight is 324 g/mol. The van der Waals surface area contributed by atoms with Crippen molar-refractivity contribution in [3.8, 4) is 0 Å². The van der Waals surface area contributed by atoms with E-state index in [-0.39, 0.29) is 6.03 Å². The summed E-state index contributed by atoms with van der Waals surface area (Å²) in [7, 11) is 0. The van der Waals surface area contributed by atoms with Gasteiger partial charge in [-0.3, -0.25) is 4.90 Å². The number of carbonyl (C=O) groups is 1. The molecule has 23 heavy (non-hydrogen) atoms. The molecule has 2 aromatic carbocycles. The second-order valence-corrected chi connectivity index (χ2v) is 7.43. The van der Waals surface area contributed by atoms with E-state index in [1.54, 1.807) is 11.8 Å². The van der Waals surface area contributed by atoms with Gasteiger partial charge in [-0.2, -0.15) is 0 Å². The number of amides is 2. The third-order valence-corrected chi connectivity index (χ3v) is 5.68. The van der Waals surface area contributed by atoms with Gasteiger partial charge in [0.25, 0.3) is 0 Å². The molecule has 2 aliphatic rings. The summed E-state index contributed by atoms with van der Waals surface area (Å²) in [5.41, 5.74) is 2.00. The van der Waals surface area contributed by atoms with Crippen LogP contribution in [0.15, 0.2) is 58.3 Å². The second kappa shape index (κ2) is 5.93. The van der Waals surface area contributed by atoms with E-state index in [1.807, 2.05) is 46.2 Å². The van der Waals surface area contributed by atoms with Gasteiger partial charge >= 0.3 is 6.03 Å². The molecule has 0 spiro atoms. The molecule has 0 N–H and O–H groups in total. The number of likely N-dealkylation sites (tertiary alicyclic amines) is 1. The minimum absolute atomic E-state index is 0.108. The van der Waals surface area contributed by atoms with Gasteiger partial charge in [0.15, 0.2) is 0 Å². The number of hydrogen-bond donors (Lipinski definition) is 0. The molecule has 1 saturated heterocycles. The van der Waals surface area contributed by atoms with Crippen LogP contribution in [0.5, 0.6) is 0 Å². The van der Waals surface area contributed by atoms with Gasteiger partial charge in [-0.15, -0.1) is 0 Å². The topological polar surface area (TPSA) is 23.6 Å². The number of anilines is 2. The van der Waals surface area contributed by atoms with Crippen LogP contribution in [-0.4, -0.2) is 24.0 Å². The van der Waals surface area contributed by atoms with Crippen molar-refractivity contribution in [2.75, 3.05) is 18.0 Å². The third-order valence-electron chi connectivity index (χ3n) is 4.55. The van der Waals surface area contributed by atoms with E-state index in [1.165, 1.54) is 6.42 Å². The molecule has 2 aliphatic heterocycles. The second-order valence-electron chi connectivity index (χ2n) is 6.35. The number of fused-ring (bicyclic) bond motifs is 2. The van der Waals surface area contributed by atoms with Crippen LogP contribution in [0.25, 0.3) is 0 Å². The lowest BCUT2D eigenvalue weighted by atomic mass is 10.0. The van der Waals surface area contributed by atoms with Gasteiger partial charge in [-0.05, 0) is 43.0 Å². The fourth-order valence-corrected chi connectivity index (χ4v) is 4.47. The highest BCUT2D eigenvalue weighted by molar-refractivity contribution is 7.99. The molecule has 4 rings (SSSR count). The fourth-order valence-electron chi connectivity index (χ4n) is 3.42. The Kier molecular flexibility index (Phi) is 3.77. The first-order valence-corrected chi connectivity index (χ1v) is 9.00. The Labute approximate surface area is 141 Å². The van der Waals surface area contributed by atoms with Crippen molar-refractivity contribution in [1.82, 2.24) is 4.90 Å². The smallest absolute Gasteiger partial charge is 0.324 e. The lowest BCUT2D eigenvalue weighted by Gasteiger charge is -2.38. The molecule has 2 heterocycles. The van der Waals surface area contributed by atoms with Gasteiger partial charge in [0, 0.05) is 22.9 Å². The molecule has 0 bridgehead atoms. The minimum atomic E-state index is 0.108. The molecule has 0 saturated carbocycles. The lowest BCUT2D eigenvalue weighted by molar-refractivity contribution is 0.178. The Morgan fingerprint density at radius 2 is 1.65 bits per heavy atom. The number of urea groups is 1. The van der Waals surface area contributed by atoms with Gasteiger partial charge < -0.3 is 4.90 Å². The Balaban J connectivity index is 1.76. The summed E-state index contributed by atoms with van der Waals surface area (Å²) in [6.45, 7) is 3.94. The van der Waals surface area contributed by atoms with Crippen molar-refractivity contribution in [3.05, 3.63) is 48.5 Å². The maximum Gasteiger partial charge on any atom is 0.329 e. The highest BCUT2D eigenvalue weighted by atomic mass is 32.2. The molecule has 3 nitrogen and oxygen atoms in total. The summed E-state index contributed by atoms with van der Waals surface area (Å²) >= 11 is 1.74. The van der Waals surface area contributed by atoms with Gasteiger partial charge in [0.05, 0.1) is 11.4 Å². The van der Waals surface area contributed by atoms with Gasteiger partial charge in [-0.1, -0.05) is 43.0 Å². The Morgan fingerprint density at radius 3 is 2.26 bits per heavy atom. The molecule has 2 aromatic rings. The Bertz CT molecular complexity index is 700. The molecule has 1 fully saturated rings. The first kappa shape index (κ1) is 14.6. The largest absolute Gasteiger partial charge is 0.329 e. The first-order valence-electron chi connectivity index (χ1n) is 8.19. The standard InChI is InChI=1S/C19H20N2OS/c1-14-7-6-12-20(13-14)19(22)21-15-8-2-4-10-17(15)23-18-11-5-3-9-16(18)21/h2-5,8-11,14H,6-7,12-13H2,1H3. The summed E-state index contributed by atoms with van der Waals surface area (Å²) in [5, 5.41) is 0. The molecular weight excluding hydrogens is 304 g/mol. The van der Waals surface area contributed by atoms with Crippen molar-refractivity contribution in [3.63, 3.8) is 0 Å². The van der Waals surface area contributed by atoms with E-state index < -0.39 is 0 Å². The maximum absolute atomic E-state index is 13.3. The predicted molar refractivity (Wildman–Crippen MR) is 94.5 cm³/mol. The quantitative estimate of drug-likeness (QED) is 0.670. The predicted octanol–water partition coefficient (Wildman–Crippen LogP) is 5.14. The van der Waals surface area contributed by atoms with Crippen LogP contribution in [0.1, 0.15) is 19.8 Å². The van der Waals surface area contributed by atoms with E-state index in [0.29, 0.717) is 5.92 Å². The van der Waals surface area contributed by atoms with Gasteiger partial charge in [-0.25, -0.2) is 4.79 Å². The first-order chi connectivity index (χ1) is 11.2. The SMILES string of the molecule is CC1CCCN(C(=O)N2c3ccccc3Sc3ccccc32)C1. The van der Waals surface area contributed by atoms with Crippen LogP contribution in [0.2, 0.25) is 0 Å². The highest BCUT2D eigenvalue weighted by Gasteiger charge is 2.32. The average Bonchev–Trinajstić information content (AvgIpc) is 2.59. The molecule has 0 radical (unpaired) electrons. The monoisotopic (exact) mass is 324 g/mol. The van der Waals surface area contributed by atoms with E-state index in [0.717, 1.165) is 40.7 Å². The van der Waals surface area contributed by atoms with E-state index in [2.05, 4.69) is 19.1 Å². The van der Waals surface area contributed by atoms with Crippen molar-refractivity contribution >= 4 is 29.2 Å². The number of benzene rings is 2. The summed E-state index contributed by atoms with van der Waals surface area (Å²) in [6.07, 6.45) is 2.31. The normalized spacial score (nSPS) is 20.0. The molecule has 4 heteroatoms. The van der Waals surface area contributed by atoms with E-state index >= 15 is 0 Å². The molecule has 118 valence electrons. The summed E-state index contributed by atoms with van der Waals surface area (Å²) in [4.78, 5) is 19.5. The zero-order valence-electron chi connectivity index (χ0n) is 13.2. The lowest BCUT2D eigenvalue weighted by Crippen LogP contribution is -2.46. The molecule has 1 atom stereocenters. The van der Waals surface area contributed by atoms with Crippen LogP contribution in [0, 0.1) is 5.92 Å². The summed E-state index contributed by atoms with van der Waals surface area (Å²) in [6, 6.07) is 16.5. The van der Waals surface area contributed by atoms with Gasteiger partial charge in [0.2, 0.25) is 0 Å². The number of hydrogen-bond acceptors (Lipinski definition) is 2. The molecular formula is C19H20N2OS. The van der Waals surface area contributed by atoms with E-state index in [4.69, 9.17) is 0 Å². The van der Waals surface area contributed by atoms with Crippen LogP contribution < -0.4 is 4.90 Å². The molecule has 0 aliphatic carbocycles. The number of para-hydroxylation sites is 2. The zero-order chi connectivity index (χ0) is 15.8. The van der Waals surface area contributed by atoms with Crippen LogP contribution in [0.3, 0.4) is 0 Å². The maximum atomic E-state index is 13.3. The van der Waals surface area contributed by atoms with Crippen molar-refractivity contribution in [2.24, 2.45) is 5.92 Å². The summed E-state index contributed by atoms with van der Waals surface area (Å²) < 4.78 is 0. The van der Waals surface area contributed by atoms with Crippen molar-refractivity contribution in [2.45, 2.75) is 29.6 Å². The molecule has 1 unspecified atom stereocenters. The molecule has 0 aromatic heterocycles. The van der Waals surface area contributed by atoms with Crippen molar-refractivity contribution in [1.29, 1.82) is 0 Å². The summed E-state index contributed by atoms with van der Waals surface area (Å²) in [5.74, 6) is 0.581. The Morgan fingerprint density at radius 1 is 1.04 bits per heavy atom. The zero-order valence-corrected chi connectivity index (χ0v) is 14.1. The number of carbonyl (C=O) groups excluding carboxylic acids is 1. The van der Waals surface area contributed by atoms with Gasteiger partial charge in [0.1, 0.15) is 0 Å². The Hall–Kier alpha value is -1.94. The number of piperidine rings is 1. The fraction of sp³-hybridized carbons (Fsp3) is 0.316. The van der Waals surface area contributed by atoms with E-state index in [9.17, 15) is 4.79 Å².